The zero-order valence-electron chi connectivity index (χ0n) is 7.64. The first kappa shape index (κ1) is 9.54. The van der Waals surface area contributed by atoms with E-state index in [0.717, 1.165) is 11.5 Å². The van der Waals surface area contributed by atoms with Crippen molar-refractivity contribution in [1.29, 1.82) is 0 Å². The highest BCUT2D eigenvalue weighted by molar-refractivity contribution is 7.07. The zero-order chi connectivity index (χ0) is 9.97. The number of aromatic nitrogens is 2. The van der Waals surface area contributed by atoms with Gasteiger partial charge in [0.15, 0.2) is 0 Å². The summed E-state index contributed by atoms with van der Waals surface area (Å²) in [6.07, 6.45) is 3.81. The Bertz CT molecular complexity index is 309. The third-order valence-electron chi connectivity index (χ3n) is 2.35. The monoisotopic (exact) mass is 212 g/mol. The van der Waals surface area contributed by atoms with Gasteiger partial charge in [-0.05, 0) is 30.3 Å². The summed E-state index contributed by atoms with van der Waals surface area (Å²) in [5, 5.41) is 6.51. The van der Waals surface area contributed by atoms with Gasteiger partial charge >= 0.3 is 0 Å². The molecule has 3 N–H and O–H groups in total. The third kappa shape index (κ3) is 2.08. The van der Waals surface area contributed by atoms with Crippen molar-refractivity contribution in [1.82, 2.24) is 14.9 Å². The largest absolute Gasteiger partial charge is 0.347 e. The Kier molecular flexibility index (Phi) is 2.74. The van der Waals surface area contributed by atoms with Crippen LogP contribution < -0.4 is 11.1 Å². The van der Waals surface area contributed by atoms with Crippen molar-refractivity contribution >= 4 is 17.4 Å². The smallest absolute Gasteiger partial charge is 0.264 e. The van der Waals surface area contributed by atoms with E-state index in [1.165, 1.54) is 19.0 Å². The first-order chi connectivity index (χ1) is 6.81. The van der Waals surface area contributed by atoms with E-state index in [0.29, 0.717) is 17.3 Å². The van der Waals surface area contributed by atoms with Gasteiger partial charge in [-0.1, -0.05) is 4.49 Å². The molecule has 1 unspecified atom stereocenters. The lowest BCUT2D eigenvalue weighted by molar-refractivity contribution is 0.0937. The second-order valence-electron chi connectivity index (χ2n) is 3.43. The Morgan fingerprint density at radius 2 is 2.57 bits per heavy atom. The number of rotatable bonds is 4. The van der Waals surface area contributed by atoms with E-state index < -0.39 is 0 Å². The summed E-state index contributed by atoms with van der Waals surface area (Å²) in [4.78, 5) is 12.1. The van der Waals surface area contributed by atoms with Crippen molar-refractivity contribution in [2.45, 2.75) is 18.9 Å². The van der Waals surface area contributed by atoms with Crippen LogP contribution in [-0.4, -0.2) is 28.1 Å². The maximum atomic E-state index is 11.6. The van der Waals surface area contributed by atoms with E-state index >= 15 is 0 Å². The molecule has 1 aromatic rings. The van der Waals surface area contributed by atoms with E-state index in [9.17, 15) is 4.79 Å². The van der Waals surface area contributed by atoms with Gasteiger partial charge in [0, 0.05) is 12.6 Å². The number of hydrogen-bond acceptors (Lipinski definition) is 5. The summed E-state index contributed by atoms with van der Waals surface area (Å²) in [7, 11) is 0. The molecule has 5 nitrogen and oxygen atoms in total. The van der Waals surface area contributed by atoms with Gasteiger partial charge in [-0.25, -0.2) is 0 Å². The lowest BCUT2D eigenvalue weighted by Crippen LogP contribution is -2.41. The van der Waals surface area contributed by atoms with Crippen molar-refractivity contribution in [3.63, 3.8) is 0 Å². The maximum absolute atomic E-state index is 11.6. The van der Waals surface area contributed by atoms with Crippen LogP contribution in [0.2, 0.25) is 0 Å². The fourth-order valence-electron chi connectivity index (χ4n) is 1.37. The molecular weight excluding hydrogens is 200 g/mol. The number of nitrogens with one attached hydrogen (secondary N) is 1. The fraction of sp³-hybridized carbons (Fsp3) is 0.625. The molecule has 1 aliphatic carbocycles. The molecule has 1 aromatic heterocycles. The molecule has 1 fully saturated rings. The van der Waals surface area contributed by atoms with Gasteiger partial charge in [0.05, 0.1) is 6.20 Å². The van der Waals surface area contributed by atoms with Crippen LogP contribution in [0.5, 0.6) is 0 Å². The normalized spacial score (nSPS) is 17.8. The van der Waals surface area contributed by atoms with E-state index in [1.54, 1.807) is 0 Å². The number of hydrogen-bond donors (Lipinski definition) is 2. The lowest BCUT2D eigenvalue weighted by atomic mass is 10.2. The van der Waals surface area contributed by atoms with Crippen LogP contribution in [0.4, 0.5) is 0 Å². The van der Waals surface area contributed by atoms with Gasteiger partial charge in [0.1, 0.15) is 4.88 Å². The topological polar surface area (TPSA) is 80.9 Å². The maximum Gasteiger partial charge on any atom is 0.264 e. The minimum absolute atomic E-state index is 0.109. The number of amides is 1. The summed E-state index contributed by atoms with van der Waals surface area (Å²) >= 11 is 1.10. The van der Waals surface area contributed by atoms with Gasteiger partial charge < -0.3 is 11.1 Å². The van der Waals surface area contributed by atoms with Gasteiger partial charge in [0.2, 0.25) is 0 Å². The van der Waals surface area contributed by atoms with Crippen LogP contribution in [0.3, 0.4) is 0 Å². The van der Waals surface area contributed by atoms with Gasteiger partial charge in [-0.3, -0.25) is 4.79 Å². The van der Waals surface area contributed by atoms with Crippen LogP contribution >= 0.6 is 11.5 Å². The van der Waals surface area contributed by atoms with Crippen molar-refractivity contribution in [3.05, 3.63) is 11.1 Å². The van der Waals surface area contributed by atoms with Gasteiger partial charge in [0.25, 0.3) is 5.91 Å². The molecule has 76 valence electrons. The molecule has 14 heavy (non-hydrogen) atoms. The number of nitrogens with zero attached hydrogens (tertiary/aromatic N) is 2. The van der Waals surface area contributed by atoms with Crippen LogP contribution in [-0.2, 0) is 0 Å². The standard InChI is InChI=1S/C8H12N4OS/c9-3-6(5-1-2-5)11-8(13)7-4-10-12-14-7/h4-6H,1-3,9H2,(H,11,13). The van der Waals surface area contributed by atoms with E-state index in [2.05, 4.69) is 14.9 Å². The summed E-state index contributed by atoms with van der Waals surface area (Å²) in [5.41, 5.74) is 5.57. The van der Waals surface area contributed by atoms with Crippen LogP contribution in [0.25, 0.3) is 0 Å². The van der Waals surface area contributed by atoms with E-state index in [-0.39, 0.29) is 11.9 Å². The predicted molar refractivity (Wildman–Crippen MR) is 52.9 cm³/mol. The highest BCUT2D eigenvalue weighted by Crippen LogP contribution is 2.32. The molecule has 1 saturated carbocycles. The molecule has 0 bridgehead atoms. The second kappa shape index (κ2) is 4.02. The van der Waals surface area contributed by atoms with Crippen LogP contribution in [0, 0.1) is 5.92 Å². The minimum Gasteiger partial charge on any atom is -0.347 e. The Morgan fingerprint density at radius 1 is 1.79 bits per heavy atom. The molecule has 1 aliphatic rings. The Balaban J connectivity index is 1.92. The Labute approximate surface area is 85.9 Å². The molecular formula is C8H12N4OS. The molecule has 0 radical (unpaired) electrons. The van der Waals surface area contributed by atoms with Crippen molar-refractivity contribution in [3.8, 4) is 0 Å². The number of nitrogens with two attached hydrogens (primary N) is 1. The molecule has 2 rings (SSSR count). The Hall–Kier alpha value is -1.01. The molecule has 0 aromatic carbocycles. The third-order valence-corrected chi connectivity index (χ3v) is 3.01. The highest BCUT2D eigenvalue weighted by Gasteiger charge is 2.31. The minimum atomic E-state index is -0.109. The van der Waals surface area contributed by atoms with E-state index in [4.69, 9.17) is 5.73 Å². The second-order valence-corrected chi connectivity index (χ2v) is 4.22. The molecule has 1 atom stereocenters. The quantitative estimate of drug-likeness (QED) is 0.736. The van der Waals surface area contributed by atoms with Crippen molar-refractivity contribution in [2.24, 2.45) is 11.7 Å². The molecule has 0 saturated heterocycles. The summed E-state index contributed by atoms with van der Waals surface area (Å²) in [6.45, 7) is 0.503. The first-order valence-electron chi connectivity index (χ1n) is 4.59. The summed E-state index contributed by atoms with van der Waals surface area (Å²) < 4.78 is 3.64. The fourth-order valence-corrected chi connectivity index (χ4v) is 1.79. The number of carbonyl (C=O) groups excluding carboxylic acids is 1. The van der Waals surface area contributed by atoms with Gasteiger partial charge in [-0.2, -0.15) is 0 Å². The SMILES string of the molecule is NCC(NC(=O)c1cnns1)C1CC1. The zero-order valence-corrected chi connectivity index (χ0v) is 8.46. The lowest BCUT2D eigenvalue weighted by Gasteiger charge is -2.14. The molecule has 1 heterocycles. The highest BCUT2D eigenvalue weighted by atomic mass is 32.1. The Morgan fingerprint density at radius 3 is 3.07 bits per heavy atom. The van der Waals surface area contributed by atoms with Gasteiger partial charge in [-0.15, -0.1) is 5.10 Å². The molecule has 0 spiro atoms. The van der Waals surface area contributed by atoms with Crippen LogP contribution in [0.1, 0.15) is 22.5 Å². The molecule has 6 heteroatoms. The summed E-state index contributed by atoms with van der Waals surface area (Å²) in [6, 6.07) is 0.115. The average molecular weight is 212 g/mol. The molecule has 1 amide bonds. The van der Waals surface area contributed by atoms with Crippen LogP contribution in [0.15, 0.2) is 6.20 Å². The summed E-state index contributed by atoms with van der Waals surface area (Å²) in [5.74, 6) is 0.465. The predicted octanol–water partition coefficient (Wildman–Crippen LogP) is 0.00520. The van der Waals surface area contributed by atoms with E-state index in [1.807, 2.05) is 0 Å². The average Bonchev–Trinajstić information content (AvgIpc) is 2.88. The van der Waals surface area contributed by atoms with Crippen molar-refractivity contribution < 1.29 is 4.79 Å². The van der Waals surface area contributed by atoms with Crippen molar-refractivity contribution in [2.75, 3.05) is 6.54 Å². The molecule has 0 aliphatic heterocycles. The number of carbonyl (C=O) groups is 1. The first-order valence-corrected chi connectivity index (χ1v) is 5.37.